The molecule has 0 fully saturated rings. The third-order valence-electron chi connectivity index (χ3n) is 3.03. The Morgan fingerprint density at radius 2 is 1.80 bits per heavy atom. The highest BCUT2D eigenvalue weighted by Crippen LogP contribution is 2.12. The predicted molar refractivity (Wildman–Crippen MR) is 74.3 cm³/mol. The zero-order chi connectivity index (χ0) is 15.0. The van der Waals surface area contributed by atoms with Crippen LogP contribution in [0.5, 0.6) is 0 Å². The van der Waals surface area contributed by atoms with Crippen LogP contribution in [-0.2, 0) is 17.6 Å². The van der Waals surface area contributed by atoms with E-state index in [4.69, 9.17) is 4.74 Å². The standard InChI is InChI=1S/C14H23F2N3O/c1-10-12(5-4-7-17-3)11(2)19-14(18-10)6-8-20-9-13(15)16/h13,17H,4-9H2,1-3H3. The van der Waals surface area contributed by atoms with Gasteiger partial charge in [-0.1, -0.05) is 0 Å². The number of rotatable bonds is 9. The van der Waals surface area contributed by atoms with Crippen molar-refractivity contribution in [3.63, 3.8) is 0 Å². The van der Waals surface area contributed by atoms with E-state index in [1.54, 1.807) is 0 Å². The fourth-order valence-corrected chi connectivity index (χ4v) is 2.06. The summed E-state index contributed by atoms with van der Waals surface area (Å²) in [7, 11) is 1.93. The van der Waals surface area contributed by atoms with Crippen molar-refractivity contribution >= 4 is 0 Å². The number of aromatic nitrogens is 2. The van der Waals surface area contributed by atoms with Gasteiger partial charge < -0.3 is 10.1 Å². The quantitative estimate of drug-likeness (QED) is 0.706. The number of nitrogens with one attached hydrogen (secondary N) is 1. The van der Waals surface area contributed by atoms with Crippen molar-refractivity contribution in [1.29, 1.82) is 0 Å². The van der Waals surface area contributed by atoms with Gasteiger partial charge in [-0.2, -0.15) is 0 Å². The minimum Gasteiger partial charge on any atom is -0.375 e. The molecular formula is C14H23F2N3O. The fourth-order valence-electron chi connectivity index (χ4n) is 2.06. The maximum absolute atomic E-state index is 11.9. The van der Waals surface area contributed by atoms with Gasteiger partial charge in [0.2, 0.25) is 0 Å². The van der Waals surface area contributed by atoms with Crippen LogP contribution < -0.4 is 5.32 Å². The Balaban J connectivity index is 2.54. The van der Waals surface area contributed by atoms with Gasteiger partial charge in [-0.05, 0) is 45.8 Å². The van der Waals surface area contributed by atoms with Crippen molar-refractivity contribution in [2.24, 2.45) is 0 Å². The highest BCUT2D eigenvalue weighted by Gasteiger charge is 2.09. The summed E-state index contributed by atoms with van der Waals surface area (Å²) in [5, 5.41) is 3.11. The molecule has 6 heteroatoms. The summed E-state index contributed by atoms with van der Waals surface area (Å²) < 4.78 is 28.7. The topological polar surface area (TPSA) is 47.0 Å². The lowest BCUT2D eigenvalue weighted by Gasteiger charge is -2.11. The molecule has 20 heavy (non-hydrogen) atoms. The molecule has 0 unspecified atom stereocenters. The molecule has 0 amide bonds. The van der Waals surface area contributed by atoms with E-state index in [0.717, 1.165) is 30.8 Å². The van der Waals surface area contributed by atoms with Crippen LogP contribution in [0.2, 0.25) is 0 Å². The van der Waals surface area contributed by atoms with Crippen LogP contribution in [-0.4, -0.2) is 43.2 Å². The summed E-state index contributed by atoms with van der Waals surface area (Å²) in [6.07, 6.45) is 0.0264. The molecule has 1 aromatic heterocycles. The van der Waals surface area contributed by atoms with E-state index in [1.807, 2.05) is 20.9 Å². The summed E-state index contributed by atoms with van der Waals surface area (Å²) in [4.78, 5) is 8.86. The molecule has 4 nitrogen and oxygen atoms in total. The van der Waals surface area contributed by atoms with Gasteiger partial charge in [-0.15, -0.1) is 0 Å². The molecule has 1 aromatic rings. The second-order valence-electron chi connectivity index (χ2n) is 4.71. The Morgan fingerprint density at radius 3 is 2.35 bits per heavy atom. The number of halogens is 2. The summed E-state index contributed by atoms with van der Waals surface area (Å²) >= 11 is 0. The third-order valence-corrected chi connectivity index (χ3v) is 3.03. The SMILES string of the molecule is CNCCCc1c(C)nc(CCOCC(F)F)nc1C. The maximum atomic E-state index is 11.9. The molecule has 0 aliphatic rings. The molecule has 0 saturated heterocycles. The van der Waals surface area contributed by atoms with Crippen molar-refractivity contribution in [3.8, 4) is 0 Å². The van der Waals surface area contributed by atoms with Gasteiger partial charge in [0.15, 0.2) is 0 Å². The number of hydrogen-bond donors (Lipinski definition) is 1. The highest BCUT2D eigenvalue weighted by atomic mass is 19.3. The summed E-state index contributed by atoms with van der Waals surface area (Å²) in [5.41, 5.74) is 3.12. The normalized spacial score (nSPS) is 11.3. The monoisotopic (exact) mass is 287 g/mol. The summed E-state index contributed by atoms with van der Waals surface area (Å²) in [6.45, 7) is 4.59. The Hall–Kier alpha value is -1.14. The van der Waals surface area contributed by atoms with E-state index < -0.39 is 13.0 Å². The Bertz CT molecular complexity index is 390. The zero-order valence-corrected chi connectivity index (χ0v) is 12.4. The van der Waals surface area contributed by atoms with E-state index in [9.17, 15) is 8.78 Å². The third kappa shape index (κ3) is 5.88. The fraction of sp³-hybridized carbons (Fsp3) is 0.714. The van der Waals surface area contributed by atoms with Crippen LogP contribution >= 0.6 is 0 Å². The van der Waals surface area contributed by atoms with Gasteiger partial charge >= 0.3 is 0 Å². The second kappa shape index (κ2) is 8.92. The van der Waals surface area contributed by atoms with E-state index in [2.05, 4.69) is 15.3 Å². The van der Waals surface area contributed by atoms with Crippen molar-refractivity contribution in [2.75, 3.05) is 26.8 Å². The average Bonchev–Trinajstić information content (AvgIpc) is 2.38. The molecule has 1 heterocycles. The summed E-state index contributed by atoms with van der Waals surface area (Å²) in [6, 6.07) is 0. The largest absolute Gasteiger partial charge is 0.375 e. The molecule has 114 valence electrons. The minimum atomic E-state index is -2.42. The van der Waals surface area contributed by atoms with Crippen LogP contribution in [0.1, 0.15) is 29.2 Å². The molecule has 1 N–H and O–H groups in total. The van der Waals surface area contributed by atoms with E-state index in [0.29, 0.717) is 12.2 Å². The van der Waals surface area contributed by atoms with E-state index >= 15 is 0 Å². The van der Waals surface area contributed by atoms with Gasteiger partial charge in [-0.3, -0.25) is 0 Å². The summed E-state index contributed by atoms with van der Waals surface area (Å²) in [5.74, 6) is 0.659. The van der Waals surface area contributed by atoms with Crippen LogP contribution in [0, 0.1) is 13.8 Å². The zero-order valence-electron chi connectivity index (χ0n) is 12.4. The Kier molecular flexibility index (Phi) is 7.54. The first-order chi connectivity index (χ1) is 9.54. The van der Waals surface area contributed by atoms with Crippen LogP contribution in [0.15, 0.2) is 0 Å². The van der Waals surface area contributed by atoms with Crippen LogP contribution in [0.3, 0.4) is 0 Å². The Labute approximate surface area is 119 Å². The molecule has 1 rings (SSSR count). The molecule has 0 aliphatic carbocycles. The number of aryl methyl sites for hydroxylation is 2. The van der Waals surface area contributed by atoms with Gasteiger partial charge in [-0.25, -0.2) is 18.7 Å². The molecule has 0 atom stereocenters. The molecule has 0 aliphatic heterocycles. The van der Waals surface area contributed by atoms with Crippen LogP contribution in [0.4, 0.5) is 8.78 Å². The van der Waals surface area contributed by atoms with Crippen molar-refractivity contribution in [1.82, 2.24) is 15.3 Å². The molecule has 0 bridgehead atoms. The number of alkyl halides is 2. The molecule has 0 spiro atoms. The highest BCUT2D eigenvalue weighted by molar-refractivity contribution is 5.24. The van der Waals surface area contributed by atoms with Crippen molar-refractivity contribution in [2.45, 2.75) is 39.5 Å². The molecule has 0 aromatic carbocycles. The lowest BCUT2D eigenvalue weighted by molar-refractivity contribution is 0.0182. The maximum Gasteiger partial charge on any atom is 0.261 e. The first-order valence-corrected chi connectivity index (χ1v) is 6.88. The predicted octanol–water partition coefficient (Wildman–Crippen LogP) is 2.07. The number of hydrogen-bond acceptors (Lipinski definition) is 4. The van der Waals surface area contributed by atoms with Crippen molar-refractivity contribution in [3.05, 3.63) is 22.8 Å². The minimum absolute atomic E-state index is 0.225. The lowest BCUT2D eigenvalue weighted by atomic mass is 10.1. The average molecular weight is 287 g/mol. The molecular weight excluding hydrogens is 264 g/mol. The van der Waals surface area contributed by atoms with Gasteiger partial charge in [0.05, 0.1) is 6.61 Å². The molecule has 0 saturated carbocycles. The van der Waals surface area contributed by atoms with Crippen LogP contribution in [0.25, 0.3) is 0 Å². The first-order valence-electron chi connectivity index (χ1n) is 6.88. The second-order valence-corrected chi connectivity index (χ2v) is 4.71. The lowest BCUT2D eigenvalue weighted by Crippen LogP contribution is -2.12. The number of ether oxygens (including phenoxy) is 1. The smallest absolute Gasteiger partial charge is 0.261 e. The first kappa shape index (κ1) is 16.9. The van der Waals surface area contributed by atoms with E-state index in [-0.39, 0.29) is 6.61 Å². The molecule has 0 radical (unpaired) electrons. The van der Waals surface area contributed by atoms with E-state index in [1.165, 1.54) is 5.56 Å². The number of nitrogens with zero attached hydrogens (tertiary/aromatic N) is 2. The van der Waals surface area contributed by atoms with Gasteiger partial charge in [0.1, 0.15) is 12.4 Å². The van der Waals surface area contributed by atoms with Gasteiger partial charge in [0.25, 0.3) is 6.43 Å². The van der Waals surface area contributed by atoms with Crippen molar-refractivity contribution < 1.29 is 13.5 Å². The Morgan fingerprint density at radius 1 is 1.15 bits per heavy atom. The van der Waals surface area contributed by atoms with Gasteiger partial charge in [0, 0.05) is 17.8 Å².